The molecule has 0 atom stereocenters. The van der Waals surface area contributed by atoms with E-state index in [1.165, 1.54) is 4.90 Å². The molecule has 0 saturated heterocycles. The highest BCUT2D eigenvalue weighted by Gasteiger charge is 2.26. The number of hydrogen-bond donors (Lipinski definition) is 0. The quantitative estimate of drug-likeness (QED) is 0.516. The fraction of sp³-hybridized carbons (Fsp3) is 0.259. The molecule has 0 fully saturated rings. The molecule has 1 heterocycles. The summed E-state index contributed by atoms with van der Waals surface area (Å²) in [5, 5.41) is 0. The van der Waals surface area contributed by atoms with Gasteiger partial charge in [-0.05, 0) is 42.3 Å². The molecule has 0 spiro atoms. The maximum Gasteiger partial charge on any atom is 0.242 e. The van der Waals surface area contributed by atoms with Gasteiger partial charge in [0.1, 0.15) is 24.7 Å². The van der Waals surface area contributed by atoms with Gasteiger partial charge in [0.25, 0.3) is 0 Å². The van der Waals surface area contributed by atoms with Crippen LogP contribution in [0.1, 0.15) is 24.5 Å². The second-order valence-electron chi connectivity index (χ2n) is 7.87. The first-order chi connectivity index (χ1) is 16.1. The molecule has 2 amide bonds. The van der Waals surface area contributed by atoms with E-state index in [0.29, 0.717) is 37.7 Å². The molecular weight excluding hydrogens is 416 g/mol. The average Bonchev–Trinajstić information content (AvgIpc) is 3.01. The third kappa shape index (κ3) is 5.71. The van der Waals surface area contributed by atoms with Crippen LogP contribution in [0.5, 0.6) is 11.5 Å². The van der Waals surface area contributed by atoms with E-state index in [9.17, 15) is 9.59 Å². The van der Waals surface area contributed by atoms with Crippen molar-refractivity contribution in [3.8, 4) is 11.5 Å². The molecule has 6 nitrogen and oxygen atoms in total. The molecule has 0 bridgehead atoms. The molecule has 3 aromatic carbocycles. The van der Waals surface area contributed by atoms with E-state index in [1.54, 1.807) is 4.90 Å². The van der Waals surface area contributed by atoms with E-state index in [4.69, 9.17) is 9.47 Å². The van der Waals surface area contributed by atoms with Crippen molar-refractivity contribution in [1.29, 1.82) is 0 Å². The molecule has 0 N–H and O–H groups in total. The van der Waals surface area contributed by atoms with E-state index in [0.717, 1.165) is 16.9 Å². The molecule has 170 valence electrons. The maximum absolute atomic E-state index is 13.1. The zero-order valence-electron chi connectivity index (χ0n) is 18.8. The second-order valence-corrected chi connectivity index (χ2v) is 7.87. The van der Waals surface area contributed by atoms with Gasteiger partial charge in [-0.2, -0.15) is 0 Å². The molecule has 0 radical (unpaired) electrons. The van der Waals surface area contributed by atoms with Gasteiger partial charge in [-0.25, -0.2) is 0 Å². The van der Waals surface area contributed by atoms with Crippen molar-refractivity contribution >= 4 is 17.5 Å². The van der Waals surface area contributed by atoms with Crippen LogP contribution in [-0.4, -0.2) is 36.4 Å². The summed E-state index contributed by atoms with van der Waals surface area (Å²) in [6.45, 7) is 3.77. The van der Waals surface area contributed by atoms with Gasteiger partial charge in [-0.15, -0.1) is 0 Å². The summed E-state index contributed by atoms with van der Waals surface area (Å²) in [7, 11) is 0. The Labute approximate surface area is 194 Å². The minimum Gasteiger partial charge on any atom is -0.491 e. The van der Waals surface area contributed by atoms with Crippen LogP contribution in [0.3, 0.4) is 0 Å². The average molecular weight is 445 g/mol. The molecule has 6 heteroatoms. The monoisotopic (exact) mass is 444 g/mol. The van der Waals surface area contributed by atoms with Gasteiger partial charge >= 0.3 is 0 Å². The van der Waals surface area contributed by atoms with Gasteiger partial charge in [0.05, 0.1) is 18.7 Å². The van der Waals surface area contributed by atoms with Gasteiger partial charge in [-0.3, -0.25) is 14.5 Å². The summed E-state index contributed by atoms with van der Waals surface area (Å²) in [4.78, 5) is 29.0. The van der Waals surface area contributed by atoms with E-state index in [1.807, 2.05) is 85.8 Å². The molecular formula is C27H28N2O4. The fourth-order valence-electron chi connectivity index (χ4n) is 3.76. The highest BCUT2D eigenvalue weighted by atomic mass is 16.5. The molecule has 0 aromatic heterocycles. The summed E-state index contributed by atoms with van der Waals surface area (Å²) in [5.41, 5.74) is 2.76. The van der Waals surface area contributed by atoms with Crippen molar-refractivity contribution in [3.05, 3.63) is 90.0 Å². The Balaban J connectivity index is 1.38. The van der Waals surface area contributed by atoms with Crippen LogP contribution in [0.2, 0.25) is 0 Å². The van der Waals surface area contributed by atoms with Crippen molar-refractivity contribution < 1.29 is 19.1 Å². The summed E-state index contributed by atoms with van der Waals surface area (Å²) >= 11 is 0. The van der Waals surface area contributed by atoms with Crippen LogP contribution < -0.4 is 14.4 Å². The number of fused-ring (bicyclic) bond motifs is 1. The van der Waals surface area contributed by atoms with Crippen LogP contribution in [0.4, 0.5) is 5.69 Å². The molecule has 1 aliphatic heterocycles. The van der Waals surface area contributed by atoms with Crippen LogP contribution in [0, 0.1) is 0 Å². The molecule has 4 rings (SSSR count). The maximum atomic E-state index is 13.1. The van der Waals surface area contributed by atoms with Gasteiger partial charge in [0.15, 0.2) is 0 Å². The number of benzene rings is 3. The van der Waals surface area contributed by atoms with Crippen molar-refractivity contribution in [2.24, 2.45) is 0 Å². The van der Waals surface area contributed by atoms with E-state index in [2.05, 4.69) is 0 Å². The Morgan fingerprint density at radius 3 is 2.45 bits per heavy atom. The van der Waals surface area contributed by atoms with Crippen LogP contribution >= 0.6 is 0 Å². The third-order valence-corrected chi connectivity index (χ3v) is 5.60. The van der Waals surface area contributed by atoms with Crippen molar-refractivity contribution in [2.45, 2.75) is 26.5 Å². The number of para-hydroxylation sites is 2. The van der Waals surface area contributed by atoms with E-state index < -0.39 is 0 Å². The highest BCUT2D eigenvalue weighted by molar-refractivity contribution is 6.00. The number of carbonyl (C=O) groups excluding carboxylic acids is 2. The number of nitrogens with zero attached hydrogens (tertiary/aromatic N) is 2. The second kappa shape index (κ2) is 10.7. The fourth-order valence-corrected chi connectivity index (χ4v) is 3.76. The normalized spacial score (nSPS) is 13.0. The van der Waals surface area contributed by atoms with Crippen LogP contribution in [0.25, 0.3) is 0 Å². The lowest BCUT2D eigenvalue weighted by Gasteiger charge is -2.26. The minimum absolute atomic E-state index is 0.00861. The van der Waals surface area contributed by atoms with Crippen LogP contribution in [-0.2, 0) is 22.7 Å². The molecule has 33 heavy (non-hydrogen) atoms. The Hall–Kier alpha value is -3.80. The van der Waals surface area contributed by atoms with Crippen LogP contribution in [0.15, 0.2) is 78.9 Å². The first-order valence-electron chi connectivity index (χ1n) is 11.2. The largest absolute Gasteiger partial charge is 0.491 e. The lowest BCUT2D eigenvalue weighted by atomic mass is 10.2. The Kier molecular flexibility index (Phi) is 7.25. The lowest BCUT2D eigenvalue weighted by molar-refractivity contribution is -0.131. The first kappa shape index (κ1) is 22.4. The van der Waals surface area contributed by atoms with Crippen molar-refractivity contribution in [3.63, 3.8) is 0 Å². The standard InChI is InChI=1S/C27H28N2O4/c1-2-28(18-21-12-14-23(15-13-21)33-20-22-8-4-3-5-9-22)27(31)19-29-24-10-6-7-11-25(24)32-17-16-26(29)30/h3-15H,2,16-20H2,1H3. The predicted molar refractivity (Wildman–Crippen MR) is 127 cm³/mol. The molecule has 0 aliphatic carbocycles. The zero-order chi connectivity index (χ0) is 23.0. The molecule has 3 aromatic rings. The predicted octanol–water partition coefficient (Wildman–Crippen LogP) is 4.43. The number of ether oxygens (including phenoxy) is 2. The minimum atomic E-state index is -0.107. The Bertz CT molecular complexity index is 1080. The van der Waals surface area contributed by atoms with Gasteiger partial charge < -0.3 is 14.4 Å². The smallest absolute Gasteiger partial charge is 0.242 e. The molecule has 0 unspecified atom stereocenters. The first-order valence-corrected chi connectivity index (χ1v) is 11.2. The Morgan fingerprint density at radius 2 is 1.70 bits per heavy atom. The zero-order valence-corrected chi connectivity index (χ0v) is 18.8. The number of anilines is 1. The Morgan fingerprint density at radius 1 is 0.970 bits per heavy atom. The lowest BCUT2D eigenvalue weighted by Crippen LogP contribution is -2.42. The van der Waals surface area contributed by atoms with Gasteiger partial charge in [-0.1, -0.05) is 54.6 Å². The van der Waals surface area contributed by atoms with Gasteiger partial charge in [0, 0.05) is 13.1 Å². The van der Waals surface area contributed by atoms with E-state index in [-0.39, 0.29) is 24.8 Å². The van der Waals surface area contributed by atoms with E-state index >= 15 is 0 Å². The summed E-state index contributed by atoms with van der Waals surface area (Å²) in [6.07, 6.45) is 0.249. The molecule has 1 aliphatic rings. The summed E-state index contributed by atoms with van der Waals surface area (Å²) < 4.78 is 11.5. The number of rotatable bonds is 8. The number of likely N-dealkylation sites (N-methyl/N-ethyl adjacent to an activating group) is 1. The van der Waals surface area contributed by atoms with Gasteiger partial charge in [0.2, 0.25) is 11.8 Å². The SMILES string of the molecule is CCN(Cc1ccc(OCc2ccccc2)cc1)C(=O)CN1C(=O)CCOc2ccccc21. The highest BCUT2D eigenvalue weighted by Crippen LogP contribution is 2.31. The summed E-state index contributed by atoms with van der Waals surface area (Å²) in [6, 6.07) is 25.1. The topological polar surface area (TPSA) is 59.1 Å². The van der Waals surface area contributed by atoms with Crippen molar-refractivity contribution in [1.82, 2.24) is 4.90 Å². The third-order valence-electron chi connectivity index (χ3n) is 5.60. The van der Waals surface area contributed by atoms with Crippen molar-refractivity contribution in [2.75, 3.05) is 24.6 Å². The number of amides is 2. The number of hydrogen-bond acceptors (Lipinski definition) is 4. The number of carbonyl (C=O) groups is 2. The summed E-state index contributed by atoms with van der Waals surface area (Å²) in [5.74, 6) is 1.20. The molecule has 0 saturated carbocycles.